The van der Waals surface area contributed by atoms with E-state index in [1.165, 1.54) is 4.31 Å². The summed E-state index contributed by atoms with van der Waals surface area (Å²) in [5.74, 6) is 0. The fourth-order valence-electron chi connectivity index (χ4n) is 1.02. The van der Waals surface area contributed by atoms with Gasteiger partial charge in [0.05, 0.1) is 6.61 Å². The lowest BCUT2D eigenvalue weighted by Crippen LogP contribution is -2.45. The molecule has 6 heteroatoms. The van der Waals surface area contributed by atoms with Crippen LogP contribution in [0.25, 0.3) is 0 Å². The second-order valence-electron chi connectivity index (χ2n) is 2.93. The molecule has 0 aliphatic rings. The molecule has 0 radical (unpaired) electrons. The van der Waals surface area contributed by atoms with Gasteiger partial charge in [-0.1, -0.05) is 6.92 Å². The third kappa shape index (κ3) is 4.04. The van der Waals surface area contributed by atoms with Crippen molar-refractivity contribution in [2.75, 3.05) is 19.7 Å². The largest absolute Gasteiger partial charge is 0.395 e. The molecule has 0 fully saturated rings. The molecule has 0 spiro atoms. The number of nitrogens with zero attached hydrogens (tertiary/aromatic N) is 1. The van der Waals surface area contributed by atoms with Crippen molar-refractivity contribution in [2.24, 2.45) is 0 Å². The Morgan fingerprint density at radius 3 is 2.31 bits per heavy atom. The van der Waals surface area contributed by atoms with Crippen molar-refractivity contribution in [3.8, 4) is 0 Å². The summed E-state index contributed by atoms with van der Waals surface area (Å²) >= 11 is 0. The molecule has 0 aliphatic carbocycles. The molecule has 0 amide bonds. The Kier molecular flexibility index (Phi) is 5.46. The first-order valence-corrected chi connectivity index (χ1v) is 5.77. The number of aliphatic hydroxyl groups excluding tert-OH is 1. The van der Waals surface area contributed by atoms with Gasteiger partial charge < -0.3 is 5.11 Å². The van der Waals surface area contributed by atoms with E-state index in [-0.39, 0.29) is 19.2 Å². The molecule has 5 nitrogen and oxygen atoms in total. The Morgan fingerprint density at radius 1 is 1.46 bits per heavy atom. The average molecular weight is 210 g/mol. The van der Waals surface area contributed by atoms with E-state index in [9.17, 15) is 8.42 Å². The van der Waals surface area contributed by atoms with E-state index in [0.29, 0.717) is 6.54 Å². The fourth-order valence-corrected chi connectivity index (χ4v) is 2.43. The highest BCUT2D eigenvalue weighted by atomic mass is 32.2. The molecule has 0 atom stereocenters. The van der Waals surface area contributed by atoms with Gasteiger partial charge in [-0.3, -0.25) is 0 Å². The monoisotopic (exact) mass is 210 g/mol. The number of hydrogen-bond donors (Lipinski definition) is 2. The molecule has 80 valence electrons. The lowest BCUT2D eigenvalue weighted by atomic mass is 10.4. The summed E-state index contributed by atoms with van der Waals surface area (Å²) in [5.41, 5.74) is 0. The molecule has 0 rings (SSSR count). The molecule has 0 saturated carbocycles. The summed E-state index contributed by atoms with van der Waals surface area (Å²) in [6.07, 6.45) is 0. The van der Waals surface area contributed by atoms with Crippen LogP contribution in [0.15, 0.2) is 0 Å². The Balaban J connectivity index is 4.53. The van der Waals surface area contributed by atoms with Crippen molar-refractivity contribution in [3.05, 3.63) is 0 Å². The second kappa shape index (κ2) is 5.54. The molecule has 0 bridgehead atoms. The molecule has 13 heavy (non-hydrogen) atoms. The van der Waals surface area contributed by atoms with Gasteiger partial charge in [-0.15, -0.1) is 0 Å². The van der Waals surface area contributed by atoms with E-state index in [2.05, 4.69) is 4.72 Å². The molecule has 0 aromatic heterocycles. The van der Waals surface area contributed by atoms with Crippen LogP contribution in [0.5, 0.6) is 0 Å². The van der Waals surface area contributed by atoms with Crippen molar-refractivity contribution in [1.82, 2.24) is 9.03 Å². The van der Waals surface area contributed by atoms with E-state index in [1.54, 1.807) is 20.8 Å². The number of nitrogens with one attached hydrogen (secondary N) is 1. The second-order valence-corrected chi connectivity index (χ2v) is 4.64. The minimum atomic E-state index is -3.41. The Morgan fingerprint density at radius 2 is 2.00 bits per heavy atom. The van der Waals surface area contributed by atoms with Gasteiger partial charge in [-0.2, -0.15) is 12.7 Å². The zero-order chi connectivity index (χ0) is 10.5. The van der Waals surface area contributed by atoms with Crippen molar-refractivity contribution < 1.29 is 13.5 Å². The standard InChI is InChI=1S/C7H18N2O3S/c1-4-8-13(11,12)9(5-6-10)7(2)3/h7-8,10H,4-6H2,1-3H3. The molecule has 2 N–H and O–H groups in total. The van der Waals surface area contributed by atoms with Crippen LogP contribution in [-0.2, 0) is 10.2 Å². The van der Waals surface area contributed by atoms with Crippen LogP contribution in [0.3, 0.4) is 0 Å². The van der Waals surface area contributed by atoms with E-state index < -0.39 is 10.2 Å². The molecule has 0 aliphatic heterocycles. The van der Waals surface area contributed by atoms with Gasteiger partial charge >= 0.3 is 0 Å². The van der Waals surface area contributed by atoms with Crippen LogP contribution in [0.2, 0.25) is 0 Å². The molecule has 0 unspecified atom stereocenters. The zero-order valence-corrected chi connectivity index (χ0v) is 9.13. The Bertz CT molecular complexity index is 226. The number of hydrogen-bond acceptors (Lipinski definition) is 3. The van der Waals surface area contributed by atoms with Crippen LogP contribution >= 0.6 is 0 Å². The normalized spacial score (nSPS) is 12.8. The molecule has 0 aromatic rings. The van der Waals surface area contributed by atoms with Crippen molar-refractivity contribution in [2.45, 2.75) is 26.8 Å². The number of aliphatic hydroxyl groups is 1. The zero-order valence-electron chi connectivity index (χ0n) is 8.32. The van der Waals surface area contributed by atoms with E-state index in [0.717, 1.165) is 0 Å². The van der Waals surface area contributed by atoms with Crippen LogP contribution in [0.1, 0.15) is 20.8 Å². The Hall–Kier alpha value is -0.170. The van der Waals surface area contributed by atoms with Crippen molar-refractivity contribution >= 4 is 10.2 Å². The summed E-state index contributed by atoms with van der Waals surface area (Å²) < 4.78 is 26.5. The van der Waals surface area contributed by atoms with Crippen molar-refractivity contribution in [3.63, 3.8) is 0 Å². The first-order chi connectivity index (χ1) is 5.95. The number of rotatable bonds is 6. The van der Waals surface area contributed by atoms with Crippen LogP contribution < -0.4 is 4.72 Å². The van der Waals surface area contributed by atoms with Crippen LogP contribution in [0.4, 0.5) is 0 Å². The first kappa shape index (κ1) is 12.8. The third-order valence-electron chi connectivity index (χ3n) is 1.53. The highest BCUT2D eigenvalue weighted by Crippen LogP contribution is 2.03. The maximum atomic E-state index is 11.5. The summed E-state index contributed by atoms with van der Waals surface area (Å²) in [4.78, 5) is 0. The van der Waals surface area contributed by atoms with Gasteiger partial charge in [0, 0.05) is 19.1 Å². The van der Waals surface area contributed by atoms with Gasteiger partial charge in [0.15, 0.2) is 0 Å². The van der Waals surface area contributed by atoms with Gasteiger partial charge in [-0.25, -0.2) is 4.72 Å². The highest BCUT2D eigenvalue weighted by molar-refractivity contribution is 7.87. The third-order valence-corrected chi connectivity index (χ3v) is 3.41. The summed E-state index contributed by atoms with van der Waals surface area (Å²) in [6, 6.07) is -0.142. The molecule has 0 aromatic carbocycles. The van der Waals surface area contributed by atoms with E-state index >= 15 is 0 Å². The summed E-state index contributed by atoms with van der Waals surface area (Å²) in [5, 5.41) is 8.68. The quantitative estimate of drug-likeness (QED) is 0.623. The highest BCUT2D eigenvalue weighted by Gasteiger charge is 2.22. The van der Waals surface area contributed by atoms with E-state index in [4.69, 9.17) is 5.11 Å². The van der Waals surface area contributed by atoms with Crippen molar-refractivity contribution in [1.29, 1.82) is 0 Å². The smallest absolute Gasteiger partial charge is 0.279 e. The topological polar surface area (TPSA) is 69.6 Å². The summed E-state index contributed by atoms with van der Waals surface area (Å²) in [7, 11) is -3.41. The minimum absolute atomic E-state index is 0.132. The molecular weight excluding hydrogens is 192 g/mol. The predicted octanol–water partition coefficient (Wildman–Crippen LogP) is -0.457. The SMILES string of the molecule is CCNS(=O)(=O)N(CCO)C(C)C. The van der Waals surface area contributed by atoms with Gasteiger partial charge in [-0.05, 0) is 13.8 Å². The molecular formula is C7H18N2O3S. The summed E-state index contributed by atoms with van der Waals surface area (Å²) in [6.45, 7) is 5.58. The average Bonchev–Trinajstić information content (AvgIpc) is 1.99. The van der Waals surface area contributed by atoms with E-state index in [1.807, 2.05) is 0 Å². The van der Waals surface area contributed by atoms with Crippen LogP contribution in [-0.4, -0.2) is 43.6 Å². The molecule has 0 heterocycles. The minimum Gasteiger partial charge on any atom is -0.395 e. The van der Waals surface area contributed by atoms with Crippen LogP contribution in [0, 0.1) is 0 Å². The fraction of sp³-hybridized carbons (Fsp3) is 1.00. The maximum absolute atomic E-state index is 11.5. The van der Waals surface area contributed by atoms with Gasteiger partial charge in [0.25, 0.3) is 10.2 Å². The lowest BCUT2D eigenvalue weighted by molar-refractivity contribution is 0.235. The lowest BCUT2D eigenvalue weighted by Gasteiger charge is -2.24. The van der Waals surface area contributed by atoms with Gasteiger partial charge in [0.1, 0.15) is 0 Å². The first-order valence-electron chi connectivity index (χ1n) is 4.33. The Labute approximate surface area is 79.9 Å². The molecule has 0 saturated heterocycles. The maximum Gasteiger partial charge on any atom is 0.279 e. The van der Waals surface area contributed by atoms with Gasteiger partial charge in [0.2, 0.25) is 0 Å². The predicted molar refractivity (Wildman–Crippen MR) is 51.5 cm³/mol.